The van der Waals surface area contributed by atoms with Gasteiger partial charge < -0.3 is 4.74 Å². The van der Waals surface area contributed by atoms with Crippen molar-refractivity contribution in [2.24, 2.45) is 17.8 Å². The number of rotatable bonds is 5. The monoisotopic (exact) mass is 338 g/mol. The first kappa shape index (κ1) is 15.6. The van der Waals surface area contributed by atoms with Crippen molar-refractivity contribution in [1.82, 2.24) is 0 Å². The number of ether oxygens (including phenoxy) is 1. The van der Waals surface area contributed by atoms with Crippen molar-refractivity contribution >= 4 is 21.7 Å². The van der Waals surface area contributed by atoms with Crippen LogP contribution >= 0.6 is 15.9 Å². The minimum atomic E-state index is 0.198. The molecule has 1 fully saturated rings. The van der Waals surface area contributed by atoms with Crippen molar-refractivity contribution in [2.45, 2.75) is 39.5 Å². The quantitative estimate of drug-likeness (QED) is 0.766. The first-order valence-corrected chi connectivity index (χ1v) is 8.26. The minimum Gasteiger partial charge on any atom is -0.494 e. The molecule has 0 aromatic heterocycles. The topological polar surface area (TPSA) is 26.3 Å². The van der Waals surface area contributed by atoms with Crippen molar-refractivity contribution in [2.75, 3.05) is 6.61 Å². The lowest BCUT2D eigenvalue weighted by Gasteiger charge is -2.30. The lowest BCUT2D eigenvalue weighted by molar-refractivity contribution is -0.126. The molecule has 0 spiro atoms. The van der Waals surface area contributed by atoms with Crippen molar-refractivity contribution in [3.63, 3.8) is 0 Å². The number of carbonyl (C=O) groups is 1. The van der Waals surface area contributed by atoms with E-state index in [4.69, 9.17) is 4.74 Å². The molecule has 2 atom stereocenters. The molecule has 0 radical (unpaired) electrons. The Balaban J connectivity index is 1.82. The molecule has 0 N–H and O–H groups in total. The minimum absolute atomic E-state index is 0.198. The summed E-state index contributed by atoms with van der Waals surface area (Å²) >= 11 is 3.43. The summed E-state index contributed by atoms with van der Waals surface area (Å²) in [4.78, 5) is 12.0. The van der Waals surface area contributed by atoms with Gasteiger partial charge in [-0.1, -0.05) is 35.8 Å². The molecule has 0 heterocycles. The molecule has 1 aliphatic carbocycles. The Morgan fingerprint density at radius 1 is 1.40 bits per heavy atom. The molecule has 3 heteroatoms. The Labute approximate surface area is 130 Å². The van der Waals surface area contributed by atoms with Crippen molar-refractivity contribution in [3.05, 3.63) is 28.7 Å². The Morgan fingerprint density at radius 3 is 2.90 bits per heavy atom. The SMILES string of the molecule is CC(C)C1CCC(=O)C(CCOc2cccc(Br)c2)C1. The van der Waals surface area contributed by atoms with Gasteiger partial charge in [0.05, 0.1) is 6.61 Å². The average molecular weight is 339 g/mol. The third-order valence-corrected chi connectivity index (χ3v) is 4.77. The van der Waals surface area contributed by atoms with Gasteiger partial charge in [0.15, 0.2) is 0 Å². The highest BCUT2D eigenvalue weighted by Gasteiger charge is 2.29. The molecule has 20 heavy (non-hydrogen) atoms. The van der Waals surface area contributed by atoms with Gasteiger partial charge in [0.2, 0.25) is 0 Å². The molecular weight excluding hydrogens is 316 g/mol. The fourth-order valence-electron chi connectivity index (χ4n) is 2.91. The van der Waals surface area contributed by atoms with E-state index in [1.54, 1.807) is 0 Å². The van der Waals surface area contributed by atoms with Crippen LogP contribution in [0.2, 0.25) is 0 Å². The molecule has 2 unspecified atom stereocenters. The van der Waals surface area contributed by atoms with E-state index < -0.39 is 0 Å². The van der Waals surface area contributed by atoms with E-state index in [0.717, 1.165) is 35.9 Å². The fourth-order valence-corrected chi connectivity index (χ4v) is 3.28. The highest BCUT2D eigenvalue weighted by Crippen LogP contribution is 2.33. The third-order valence-electron chi connectivity index (χ3n) is 4.28. The number of halogens is 1. The maximum atomic E-state index is 12.0. The van der Waals surface area contributed by atoms with Crippen LogP contribution in [0.15, 0.2) is 28.7 Å². The van der Waals surface area contributed by atoms with Gasteiger partial charge in [0, 0.05) is 16.8 Å². The second-order valence-electron chi connectivity index (χ2n) is 6.04. The first-order chi connectivity index (χ1) is 9.56. The molecule has 1 aromatic rings. The predicted octanol–water partition coefficient (Wildman–Crippen LogP) is 4.86. The summed E-state index contributed by atoms with van der Waals surface area (Å²) in [7, 11) is 0. The van der Waals surface area contributed by atoms with Crippen LogP contribution in [-0.2, 0) is 4.79 Å². The molecule has 0 bridgehead atoms. The molecule has 2 nitrogen and oxygen atoms in total. The second-order valence-corrected chi connectivity index (χ2v) is 6.95. The number of ketones is 1. The van der Waals surface area contributed by atoms with Crippen LogP contribution in [0, 0.1) is 17.8 Å². The zero-order valence-corrected chi connectivity index (χ0v) is 13.9. The molecule has 110 valence electrons. The Hall–Kier alpha value is -0.830. The van der Waals surface area contributed by atoms with Crippen LogP contribution in [0.4, 0.5) is 0 Å². The maximum absolute atomic E-state index is 12.0. The predicted molar refractivity (Wildman–Crippen MR) is 84.9 cm³/mol. The molecule has 0 saturated heterocycles. The number of hydrogen-bond acceptors (Lipinski definition) is 2. The first-order valence-electron chi connectivity index (χ1n) is 7.47. The fraction of sp³-hybridized carbons (Fsp3) is 0.588. The summed E-state index contributed by atoms with van der Waals surface area (Å²) in [6.45, 7) is 5.14. The van der Waals surface area contributed by atoms with Gasteiger partial charge in [-0.2, -0.15) is 0 Å². The number of carbonyl (C=O) groups excluding carboxylic acids is 1. The molecule has 0 aliphatic heterocycles. The average Bonchev–Trinajstić information content (AvgIpc) is 2.40. The lowest BCUT2D eigenvalue weighted by Crippen LogP contribution is -2.28. The molecule has 1 aliphatic rings. The zero-order valence-electron chi connectivity index (χ0n) is 12.3. The van der Waals surface area contributed by atoms with Crippen molar-refractivity contribution < 1.29 is 9.53 Å². The van der Waals surface area contributed by atoms with E-state index in [1.807, 2.05) is 24.3 Å². The lowest BCUT2D eigenvalue weighted by atomic mass is 9.74. The normalized spacial score (nSPS) is 23.1. The van der Waals surface area contributed by atoms with E-state index in [9.17, 15) is 4.79 Å². The Morgan fingerprint density at radius 2 is 2.20 bits per heavy atom. The van der Waals surface area contributed by atoms with Gasteiger partial charge in [-0.3, -0.25) is 4.79 Å². The molecule has 1 saturated carbocycles. The zero-order chi connectivity index (χ0) is 14.5. The number of benzene rings is 1. The standard InChI is InChI=1S/C17H23BrO2/c1-12(2)13-6-7-17(19)14(10-13)8-9-20-16-5-3-4-15(18)11-16/h3-5,11-14H,6-10H2,1-2H3. The summed E-state index contributed by atoms with van der Waals surface area (Å²) in [6, 6.07) is 7.84. The van der Waals surface area contributed by atoms with Crippen LogP contribution in [0.1, 0.15) is 39.5 Å². The maximum Gasteiger partial charge on any atom is 0.136 e. The molecule has 2 rings (SSSR count). The van der Waals surface area contributed by atoms with E-state index in [1.165, 1.54) is 0 Å². The van der Waals surface area contributed by atoms with Gasteiger partial charge in [-0.05, 0) is 49.3 Å². The summed E-state index contributed by atoms with van der Waals surface area (Å²) < 4.78 is 6.77. The summed E-state index contributed by atoms with van der Waals surface area (Å²) in [5.41, 5.74) is 0. The van der Waals surface area contributed by atoms with E-state index >= 15 is 0 Å². The smallest absolute Gasteiger partial charge is 0.136 e. The highest BCUT2D eigenvalue weighted by atomic mass is 79.9. The van der Waals surface area contributed by atoms with Gasteiger partial charge >= 0.3 is 0 Å². The van der Waals surface area contributed by atoms with Crippen LogP contribution in [0.25, 0.3) is 0 Å². The van der Waals surface area contributed by atoms with E-state index in [0.29, 0.717) is 24.2 Å². The second kappa shape index (κ2) is 7.26. The third kappa shape index (κ3) is 4.34. The highest BCUT2D eigenvalue weighted by molar-refractivity contribution is 9.10. The van der Waals surface area contributed by atoms with Gasteiger partial charge in [0.25, 0.3) is 0 Å². The van der Waals surface area contributed by atoms with Crippen LogP contribution in [0.3, 0.4) is 0 Å². The van der Waals surface area contributed by atoms with Gasteiger partial charge in [0.1, 0.15) is 11.5 Å². The number of Topliss-reactive ketones (excluding diaryl/α,β-unsaturated/α-hetero) is 1. The van der Waals surface area contributed by atoms with E-state index in [2.05, 4.69) is 29.8 Å². The van der Waals surface area contributed by atoms with E-state index in [-0.39, 0.29) is 5.92 Å². The Kier molecular flexibility index (Phi) is 5.64. The van der Waals surface area contributed by atoms with Crippen LogP contribution in [-0.4, -0.2) is 12.4 Å². The van der Waals surface area contributed by atoms with Crippen molar-refractivity contribution in [1.29, 1.82) is 0 Å². The molecular formula is C17H23BrO2. The summed E-state index contributed by atoms with van der Waals surface area (Å²) in [5.74, 6) is 2.87. The molecule has 0 amide bonds. The van der Waals surface area contributed by atoms with Crippen molar-refractivity contribution in [3.8, 4) is 5.75 Å². The van der Waals surface area contributed by atoms with Gasteiger partial charge in [-0.15, -0.1) is 0 Å². The number of hydrogen-bond donors (Lipinski definition) is 0. The van der Waals surface area contributed by atoms with Crippen LogP contribution < -0.4 is 4.74 Å². The van der Waals surface area contributed by atoms with Gasteiger partial charge in [-0.25, -0.2) is 0 Å². The van der Waals surface area contributed by atoms with Crippen LogP contribution in [0.5, 0.6) is 5.75 Å². The Bertz CT molecular complexity index is 456. The molecule has 1 aromatic carbocycles. The summed E-state index contributed by atoms with van der Waals surface area (Å²) in [6.07, 6.45) is 3.71. The largest absolute Gasteiger partial charge is 0.494 e. The summed E-state index contributed by atoms with van der Waals surface area (Å²) in [5, 5.41) is 0.